The second-order valence-corrected chi connectivity index (χ2v) is 10.4. The van der Waals surface area contributed by atoms with Crippen LogP contribution in [-0.2, 0) is 15.6 Å². The Bertz CT molecular complexity index is 1330. The second kappa shape index (κ2) is 6.98. The summed E-state index contributed by atoms with van der Waals surface area (Å²) in [5.41, 5.74) is 5.98. The molecule has 2 aliphatic heterocycles. The quantitative estimate of drug-likeness (QED) is 0.662. The Kier molecular flexibility index (Phi) is 4.47. The van der Waals surface area contributed by atoms with E-state index in [9.17, 15) is 8.42 Å². The van der Waals surface area contributed by atoms with Gasteiger partial charge in [0.15, 0.2) is 0 Å². The number of rotatable bonds is 2. The van der Waals surface area contributed by atoms with E-state index in [4.69, 9.17) is 5.26 Å². The molecule has 1 saturated heterocycles. The number of aryl methyl sites for hydroxylation is 1. The van der Waals surface area contributed by atoms with E-state index in [0.717, 1.165) is 5.69 Å². The van der Waals surface area contributed by atoms with Crippen molar-refractivity contribution >= 4 is 15.7 Å². The van der Waals surface area contributed by atoms with Gasteiger partial charge in [0.2, 0.25) is 10.0 Å². The van der Waals surface area contributed by atoms with E-state index < -0.39 is 10.0 Å². The lowest BCUT2D eigenvalue weighted by atomic mass is 9.82. The lowest BCUT2D eigenvalue weighted by Crippen LogP contribution is -2.51. The predicted molar refractivity (Wildman–Crippen MR) is 120 cm³/mol. The summed E-state index contributed by atoms with van der Waals surface area (Å²) in [5.74, 6) is 0. The number of nitrogens with one attached hydrogen (secondary N) is 1. The Morgan fingerprint density at radius 3 is 2.58 bits per heavy atom. The van der Waals surface area contributed by atoms with Gasteiger partial charge in [-0.3, -0.25) is 0 Å². The summed E-state index contributed by atoms with van der Waals surface area (Å²) in [4.78, 5) is 0.180. The Hall–Kier alpha value is -3.08. The molecule has 5 rings (SSSR count). The Morgan fingerprint density at radius 1 is 1.06 bits per heavy atom. The van der Waals surface area contributed by atoms with E-state index in [0.29, 0.717) is 31.5 Å². The Morgan fingerprint density at radius 2 is 1.84 bits per heavy atom. The van der Waals surface area contributed by atoms with Gasteiger partial charge in [-0.15, -0.1) is 0 Å². The summed E-state index contributed by atoms with van der Waals surface area (Å²) in [6, 6.07) is 16.7. The average molecular weight is 433 g/mol. The first kappa shape index (κ1) is 19.9. The number of fused-ring (bicyclic) bond motifs is 4. The molecule has 0 radical (unpaired) electrons. The van der Waals surface area contributed by atoms with Crippen LogP contribution < -0.4 is 5.32 Å². The molecule has 0 unspecified atom stereocenters. The van der Waals surface area contributed by atoms with Crippen molar-refractivity contribution in [2.45, 2.75) is 37.1 Å². The molecule has 31 heavy (non-hydrogen) atoms. The number of hydrogen-bond acceptors (Lipinski definition) is 4. The highest BCUT2D eigenvalue weighted by Gasteiger charge is 2.44. The van der Waals surface area contributed by atoms with Gasteiger partial charge in [0.1, 0.15) is 0 Å². The number of aromatic nitrogens is 1. The van der Waals surface area contributed by atoms with Crippen LogP contribution in [0.15, 0.2) is 59.6 Å². The average Bonchev–Trinajstić information content (AvgIpc) is 3.28. The molecule has 1 spiro atoms. The van der Waals surface area contributed by atoms with E-state index in [1.54, 1.807) is 22.5 Å². The molecule has 0 amide bonds. The molecule has 0 atom stereocenters. The van der Waals surface area contributed by atoms with Crippen LogP contribution in [0.25, 0.3) is 5.69 Å². The van der Waals surface area contributed by atoms with Crippen LogP contribution in [0.3, 0.4) is 0 Å². The van der Waals surface area contributed by atoms with Crippen molar-refractivity contribution in [2.24, 2.45) is 0 Å². The highest BCUT2D eigenvalue weighted by atomic mass is 32.2. The highest BCUT2D eigenvalue weighted by molar-refractivity contribution is 7.89. The fourth-order valence-corrected chi connectivity index (χ4v) is 6.35. The third-order valence-corrected chi connectivity index (χ3v) is 8.63. The first-order valence-corrected chi connectivity index (χ1v) is 11.9. The maximum Gasteiger partial charge on any atom is 0.243 e. The predicted octanol–water partition coefficient (Wildman–Crippen LogP) is 4.07. The number of nitriles is 1. The van der Waals surface area contributed by atoms with Gasteiger partial charge in [-0.2, -0.15) is 9.57 Å². The standard InChI is InChI=1S/C24H24N4O2S/c1-17-8-9-21-23(18(17)2)28-12-4-7-22(28)24(26-21)10-13-27(14-11-24)31(29,30)20-6-3-5-19(15-20)16-25/h3-9,12,15,26H,10-11,13-14H2,1-2H3. The Labute approximate surface area is 182 Å². The molecular weight excluding hydrogens is 408 g/mol. The third kappa shape index (κ3) is 2.98. The van der Waals surface area contributed by atoms with Gasteiger partial charge in [0.25, 0.3) is 0 Å². The van der Waals surface area contributed by atoms with Crippen LogP contribution >= 0.6 is 0 Å². The zero-order valence-electron chi connectivity index (χ0n) is 17.6. The van der Waals surface area contributed by atoms with Gasteiger partial charge in [-0.25, -0.2) is 8.42 Å². The van der Waals surface area contributed by atoms with Gasteiger partial charge < -0.3 is 9.88 Å². The molecule has 3 heterocycles. The summed E-state index contributed by atoms with van der Waals surface area (Å²) < 4.78 is 30.2. The topological polar surface area (TPSA) is 78.1 Å². The molecular formula is C24H24N4O2S. The number of benzene rings is 2. The highest BCUT2D eigenvalue weighted by Crippen LogP contribution is 2.45. The third-order valence-electron chi connectivity index (χ3n) is 6.73. The van der Waals surface area contributed by atoms with Gasteiger partial charge in [-0.1, -0.05) is 12.1 Å². The maximum absolute atomic E-state index is 13.2. The number of piperidine rings is 1. The van der Waals surface area contributed by atoms with E-state index >= 15 is 0 Å². The van der Waals surface area contributed by atoms with Gasteiger partial charge in [-0.05, 0) is 74.2 Å². The van der Waals surface area contributed by atoms with Crippen LogP contribution in [0.4, 0.5) is 5.69 Å². The van der Waals surface area contributed by atoms with E-state index in [1.165, 1.54) is 28.6 Å². The molecule has 1 aromatic heterocycles. The van der Waals surface area contributed by atoms with Crippen molar-refractivity contribution in [2.75, 3.05) is 18.4 Å². The molecule has 2 aromatic carbocycles. The minimum atomic E-state index is -3.64. The van der Waals surface area contributed by atoms with Crippen LogP contribution in [0, 0.1) is 25.2 Å². The second-order valence-electron chi connectivity index (χ2n) is 8.42. The smallest absolute Gasteiger partial charge is 0.243 e. The first-order chi connectivity index (χ1) is 14.9. The normalized spacial score (nSPS) is 17.5. The summed E-state index contributed by atoms with van der Waals surface area (Å²) in [7, 11) is -3.64. The lowest BCUT2D eigenvalue weighted by Gasteiger charge is -2.46. The fraction of sp³-hybridized carbons (Fsp3) is 0.292. The van der Waals surface area contributed by atoms with E-state index in [-0.39, 0.29) is 10.4 Å². The summed E-state index contributed by atoms with van der Waals surface area (Å²) in [6.07, 6.45) is 3.43. The molecule has 1 fully saturated rings. The molecule has 0 aliphatic carbocycles. The molecule has 0 bridgehead atoms. The molecule has 1 N–H and O–H groups in total. The summed E-state index contributed by atoms with van der Waals surface area (Å²) >= 11 is 0. The SMILES string of the molecule is Cc1ccc2c(c1C)-n1cccc1C1(CCN(S(=O)(=O)c3cccc(C#N)c3)CC1)N2. The van der Waals surface area contributed by atoms with Crippen molar-refractivity contribution in [3.63, 3.8) is 0 Å². The molecule has 6 nitrogen and oxygen atoms in total. The maximum atomic E-state index is 13.2. The van der Waals surface area contributed by atoms with E-state index in [2.05, 4.69) is 54.2 Å². The van der Waals surface area contributed by atoms with Crippen molar-refractivity contribution in [3.05, 3.63) is 77.1 Å². The van der Waals surface area contributed by atoms with Crippen LogP contribution in [0.2, 0.25) is 0 Å². The number of sulfonamides is 1. The number of hydrogen-bond donors (Lipinski definition) is 1. The van der Waals surface area contributed by atoms with Gasteiger partial charge in [0, 0.05) is 25.0 Å². The van der Waals surface area contributed by atoms with Gasteiger partial charge >= 0.3 is 0 Å². The first-order valence-electron chi connectivity index (χ1n) is 10.4. The van der Waals surface area contributed by atoms with Crippen molar-refractivity contribution in [3.8, 4) is 11.8 Å². The monoisotopic (exact) mass is 432 g/mol. The van der Waals surface area contributed by atoms with Crippen molar-refractivity contribution in [1.82, 2.24) is 8.87 Å². The van der Waals surface area contributed by atoms with Crippen molar-refractivity contribution in [1.29, 1.82) is 5.26 Å². The zero-order valence-corrected chi connectivity index (χ0v) is 18.4. The minimum Gasteiger partial charge on any atom is -0.372 e. The van der Waals surface area contributed by atoms with Gasteiger partial charge in [0.05, 0.1) is 33.4 Å². The summed E-state index contributed by atoms with van der Waals surface area (Å²) in [5, 5.41) is 12.9. The molecule has 0 saturated carbocycles. The molecule has 158 valence electrons. The fourth-order valence-electron chi connectivity index (χ4n) is 4.86. The number of nitrogens with zero attached hydrogens (tertiary/aromatic N) is 3. The lowest BCUT2D eigenvalue weighted by molar-refractivity contribution is 0.247. The zero-order chi connectivity index (χ0) is 21.8. The Balaban J connectivity index is 1.46. The molecule has 3 aromatic rings. The van der Waals surface area contributed by atoms with Crippen LogP contribution in [0.1, 0.15) is 35.2 Å². The number of anilines is 1. The van der Waals surface area contributed by atoms with Crippen LogP contribution in [-0.4, -0.2) is 30.4 Å². The summed E-state index contributed by atoms with van der Waals surface area (Å²) in [6.45, 7) is 5.09. The molecule has 7 heteroatoms. The molecule has 2 aliphatic rings. The van der Waals surface area contributed by atoms with Crippen molar-refractivity contribution < 1.29 is 8.42 Å². The largest absolute Gasteiger partial charge is 0.372 e. The van der Waals surface area contributed by atoms with Crippen LogP contribution in [0.5, 0.6) is 0 Å². The minimum absolute atomic E-state index is 0.180. The van der Waals surface area contributed by atoms with E-state index in [1.807, 2.05) is 6.07 Å².